The summed E-state index contributed by atoms with van der Waals surface area (Å²) in [6, 6.07) is 39.9. The molecule has 1 heterocycles. The number of carbonyl (C=O) groups is 1. The van der Waals surface area contributed by atoms with Crippen LogP contribution in [-0.2, 0) is 11.2 Å². The highest BCUT2D eigenvalue weighted by Gasteiger charge is 2.21. The number of para-hydroxylation sites is 1. The van der Waals surface area contributed by atoms with Crippen LogP contribution in [0, 0.1) is 0 Å². The van der Waals surface area contributed by atoms with Gasteiger partial charge in [0.25, 0.3) is 0 Å². The van der Waals surface area contributed by atoms with Gasteiger partial charge >= 0.3 is 0 Å². The number of fused-ring (bicyclic) bond motifs is 1. The molecule has 0 aliphatic rings. The number of H-pyrrole nitrogens is 1. The maximum absolute atomic E-state index is 13.2. The number of aromatic nitrogens is 1. The number of aromatic amines is 1. The molecule has 5 rings (SSSR count). The summed E-state index contributed by atoms with van der Waals surface area (Å²) < 4.78 is 0. The first-order valence-corrected chi connectivity index (χ1v) is 12.7. The van der Waals surface area contributed by atoms with Crippen molar-refractivity contribution in [1.29, 1.82) is 0 Å². The zero-order valence-electron chi connectivity index (χ0n) is 20.4. The Morgan fingerprint density at radius 3 is 1.97 bits per heavy atom. The fourth-order valence-corrected chi connectivity index (χ4v) is 5.17. The summed E-state index contributed by atoms with van der Waals surface area (Å²) in [6.07, 6.45) is 4.22. The van der Waals surface area contributed by atoms with E-state index in [1.54, 1.807) is 0 Å². The molecule has 0 aliphatic heterocycles. The molecule has 1 atom stereocenters. The van der Waals surface area contributed by atoms with Crippen molar-refractivity contribution in [2.75, 3.05) is 6.54 Å². The minimum atomic E-state index is 0.0982. The van der Waals surface area contributed by atoms with Crippen LogP contribution in [0.1, 0.15) is 46.9 Å². The number of amides is 1. The molecular formula is C33H32N2O. The van der Waals surface area contributed by atoms with Crippen LogP contribution in [0.5, 0.6) is 0 Å². The van der Waals surface area contributed by atoms with Gasteiger partial charge < -0.3 is 10.3 Å². The zero-order valence-corrected chi connectivity index (χ0v) is 20.4. The largest absolute Gasteiger partial charge is 0.361 e. The molecule has 3 nitrogen and oxygen atoms in total. The molecular weight excluding hydrogens is 440 g/mol. The van der Waals surface area contributed by atoms with E-state index in [0.29, 0.717) is 13.0 Å². The quantitative estimate of drug-likeness (QED) is 0.221. The van der Waals surface area contributed by atoms with Crippen molar-refractivity contribution < 1.29 is 4.79 Å². The van der Waals surface area contributed by atoms with Crippen LogP contribution in [-0.4, -0.2) is 17.4 Å². The van der Waals surface area contributed by atoms with Crippen LogP contribution in [0.3, 0.4) is 0 Å². The van der Waals surface area contributed by atoms with Crippen LogP contribution in [0.4, 0.5) is 0 Å². The van der Waals surface area contributed by atoms with Crippen LogP contribution < -0.4 is 5.32 Å². The van der Waals surface area contributed by atoms with Crippen LogP contribution in [0.2, 0.25) is 0 Å². The van der Waals surface area contributed by atoms with Gasteiger partial charge in [-0.05, 0) is 47.1 Å². The first-order valence-electron chi connectivity index (χ1n) is 12.7. The second-order valence-electron chi connectivity index (χ2n) is 9.39. The molecule has 36 heavy (non-hydrogen) atoms. The Bertz CT molecular complexity index is 1340. The molecule has 4 aromatic carbocycles. The molecule has 0 fully saturated rings. The van der Waals surface area contributed by atoms with E-state index in [9.17, 15) is 4.79 Å². The Balaban J connectivity index is 1.29. The van der Waals surface area contributed by atoms with Gasteiger partial charge in [0.05, 0.1) is 0 Å². The Morgan fingerprint density at radius 1 is 0.722 bits per heavy atom. The molecule has 5 aromatic rings. The van der Waals surface area contributed by atoms with E-state index < -0.39 is 0 Å². The predicted octanol–water partition coefficient (Wildman–Crippen LogP) is 7.22. The number of nitrogens with one attached hydrogen (secondary N) is 2. The van der Waals surface area contributed by atoms with Crippen molar-refractivity contribution in [3.05, 3.63) is 144 Å². The molecule has 180 valence electrons. The van der Waals surface area contributed by atoms with Gasteiger partial charge in [-0.1, -0.05) is 109 Å². The van der Waals surface area contributed by atoms with E-state index in [-0.39, 0.29) is 17.7 Å². The lowest BCUT2D eigenvalue weighted by molar-refractivity contribution is -0.121. The minimum Gasteiger partial charge on any atom is -0.361 e. The summed E-state index contributed by atoms with van der Waals surface area (Å²) in [5, 5.41) is 4.42. The first-order chi connectivity index (χ1) is 17.8. The lowest BCUT2D eigenvalue weighted by Gasteiger charge is -2.20. The van der Waals surface area contributed by atoms with Crippen LogP contribution in [0.15, 0.2) is 121 Å². The third-order valence-electron chi connectivity index (χ3n) is 6.98. The normalized spacial score (nSPS) is 12.0. The third-order valence-corrected chi connectivity index (χ3v) is 6.98. The molecule has 0 spiro atoms. The Kier molecular flexibility index (Phi) is 7.58. The van der Waals surface area contributed by atoms with E-state index in [1.165, 1.54) is 27.6 Å². The summed E-state index contributed by atoms with van der Waals surface area (Å²) in [4.78, 5) is 16.6. The lowest BCUT2D eigenvalue weighted by Crippen LogP contribution is -2.27. The Morgan fingerprint density at radius 2 is 1.31 bits per heavy atom. The zero-order chi connectivity index (χ0) is 24.6. The van der Waals surface area contributed by atoms with Crippen molar-refractivity contribution in [1.82, 2.24) is 10.3 Å². The van der Waals surface area contributed by atoms with E-state index >= 15 is 0 Å². The standard InChI is InChI=1S/C33H32N2O/c36-33(34-21-20-29(26-14-6-2-7-15-26)27-16-8-3-9-17-27)23-28(22-25-12-4-1-5-13-25)31-24-35-32-19-11-10-18-30(31)32/h1-19,24,28-29,35H,20-23H2,(H,34,36). The number of carbonyl (C=O) groups excluding carboxylic acids is 1. The summed E-state index contributed by atoms with van der Waals surface area (Å²) >= 11 is 0. The number of rotatable bonds is 10. The van der Waals surface area contributed by atoms with Gasteiger partial charge in [0.1, 0.15) is 0 Å². The summed E-state index contributed by atoms with van der Waals surface area (Å²) in [5.41, 5.74) is 6.11. The van der Waals surface area contributed by atoms with E-state index in [4.69, 9.17) is 0 Å². The highest BCUT2D eigenvalue weighted by atomic mass is 16.1. The molecule has 1 aromatic heterocycles. The molecule has 1 amide bonds. The SMILES string of the molecule is O=C(CC(Cc1ccccc1)c1c[nH]c2ccccc12)NCCC(c1ccccc1)c1ccccc1. The molecule has 0 saturated heterocycles. The average Bonchev–Trinajstić information content (AvgIpc) is 3.37. The first kappa shape index (κ1) is 23.6. The van der Waals surface area contributed by atoms with E-state index in [2.05, 4.69) is 107 Å². The number of benzene rings is 4. The maximum Gasteiger partial charge on any atom is 0.220 e. The number of hydrogen-bond acceptors (Lipinski definition) is 1. The second kappa shape index (κ2) is 11.5. The summed E-state index contributed by atoms with van der Waals surface area (Å²) in [5.74, 6) is 0.449. The smallest absolute Gasteiger partial charge is 0.220 e. The fourth-order valence-electron chi connectivity index (χ4n) is 5.17. The molecule has 3 heteroatoms. The highest BCUT2D eigenvalue weighted by Crippen LogP contribution is 2.31. The summed E-state index contributed by atoms with van der Waals surface area (Å²) in [6.45, 7) is 0.638. The highest BCUT2D eigenvalue weighted by molar-refractivity contribution is 5.85. The third kappa shape index (κ3) is 5.75. The van der Waals surface area contributed by atoms with Gasteiger partial charge in [-0.25, -0.2) is 0 Å². The van der Waals surface area contributed by atoms with Crippen LogP contribution in [0.25, 0.3) is 10.9 Å². The van der Waals surface area contributed by atoms with E-state index in [0.717, 1.165) is 18.4 Å². The predicted molar refractivity (Wildman–Crippen MR) is 148 cm³/mol. The number of hydrogen-bond donors (Lipinski definition) is 2. The molecule has 1 unspecified atom stereocenters. The van der Waals surface area contributed by atoms with Crippen molar-refractivity contribution in [3.8, 4) is 0 Å². The lowest BCUT2D eigenvalue weighted by atomic mass is 9.88. The topological polar surface area (TPSA) is 44.9 Å². The fraction of sp³-hybridized carbons (Fsp3) is 0.182. The Labute approximate surface area is 213 Å². The van der Waals surface area contributed by atoms with Crippen molar-refractivity contribution in [2.24, 2.45) is 0 Å². The second-order valence-corrected chi connectivity index (χ2v) is 9.39. The molecule has 0 aliphatic carbocycles. The van der Waals surface area contributed by atoms with Crippen molar-refractivity contribution in [2.45, 2.75) is 31.1 Å². The minimum absolute atomic E-state index is 0.0982. The molecule has 0 bridgehead atoms. The van der Waals surface area contributed by atoms with E-state index in [1.807, 2.05) is 24.3 Å². The monoisotopic (exact) mass is 472 g/mol. The summed E-state index contributed by atoms with van der Waals surface area (Å²) in [7, 11) is 0. The molecule has 0 saturated carbocycles. The van der Waals surface area contributed by atoms with Gasteiger partial charge in [-0.2, -0.15) is 0 Å². The van der Waals surface area contributed by atoms with Gasteiger partial charge in [-0.3, -0.25) is 4.79 Å². The van der Waals surface area contributed by atoms with Gasteiger partial charge in [-0.15, -0.1) is 0 Å². The van der Waals surface area contributed by atoms with Gasteiger partial charge in [0.15, 0.2) is 0 Å². The average molecular weight is 473 g/mol. The van der Waals surface area contributed by atoms with Gasteiger partial charge in [0, 0.05) is 36.0 Å². The van der Waals surface area contributed by atoms with Crippen molar-refractivity contribution in [3.63, 3.8) is 0 Å². The van der Waals surface area contributed by atoms with Crippen molar-refractivity contribution >= 4 is 16.8 Å². The molecule has 0 radical (unpaired) electrons. The maximum atomic E-state index is 13.2. The van der Waals surface area contributed by atoms with Gasteiger partial charge in [0.2, 0.25) is 5.91 Å². The van der Waals surface area contributed by atoms with Crippen LogP contribution >= 0.6 is 0 Å². The molecule has 2 N–H and O–H groups in total. The Hall–Kier alpha value is -4.11.